The summed E-state index contributed by atoms with van der Waals surface area (Å²) >= 11 is 0. The highest BCUT2D eigenvalue weighted by molar-refractivity contribution is 5.90. The Balaban J connectivity index is 1.02. The Labute approximate surface area is 225 Å². The fraction of sp³-hybridized carbons (Fsp3) is 0.533. The van der Waals surface area contributed by atoms with Gasteiger partial charge in [-0.1, -0.05) is 18.2 Å². The minimum absolute atomic E-state index is 0.410. The third kappa shape index (κ3) is 6.66. The molecular formula is C30H41N5O3. The van der Waals surface area contributed by atoms with Gasteiger partial charge in [0.05, 0.1) is 24.8 Å². The van der Waals surface area contributed by atoms with Crippen LogP contribution in [0.1, 0.15) is 56.6 Å². The number of para-hydroxylation sites is 1. The van der Waals surface area contributed by atoms with E-state index in [0.29, 0.717) is 25.2 Å². The fourth-order valence-electron chi connectivity index (χ4n) is 5.44. The minimum atomic E-state index is -0.485. The van der Waals surface area contributed by atoms with E-state index in [1.807, 2.05) is 55.4 Å². The number of ether oxygens (including phenoxy) is 2. The Hall–Kier alpha value is -3.10. The summed E-state index contributed by atoms with van der Waals surface area (Å²) in [7, 11) is 4.05. The number of hydrogen-bond acceptors (Lipinski definition) is 8. The Kier molecular flexibility index (Phi) is 8.81. The SMILES string of the molecule is CN(C)c1nc(NC2CCC(CNCCCC(O)c3ccc4c(c3)OCCCO4)CC2)nc2ccccc12. The average molecular weight is 520 g/mol. The maximum atomic E-state index is 10.7. The largest absolute Gasteiger partial charge is 0.490 e. The predicted octanol–water partition coefficient (Wildman–Crippen LogP) is 4.93. The maximum absolute atomic E-state index is 10.7. The molecule has 8 nitrogen and oxygen atoms in total. The van der Waals surface area contributed by atoms with Gasteiger partial charge in [-0.25, -0.2) is 4.98 Å². The van der Waals surface area contributed by atoms with Crippen molar-refractivity contribution in [2.24, 2.45) is 5.92 Å². The molecule has 1 aliphatic heterocycles. The van der Waals surface area contributed by atoms with E-state index < -0.39 is 6.10 Å². The van der Waals surface area contributed by atoms with Crippen LogP contribution in [0.2, 0.25) is 0 Å². The number of aromatic nitrogens is 2. The summed E-state index contributed by atoms with van der Waals surface area (Å²) in [5.74, 6) is 3.88. The molecule has 204 valence electrons. The third-order valence-corrected chi connectivity index (χ3v) is 7.61. The highest BCUT2D eigenvalue weighted by atomic mass is 16.5. The van der Waals surface area contributed by atoms with Crippen LogP contribution in [0.25, 0.3) is 10.9 Å². The molecule has 8 heteroatoms. The minimum Gasteiger partial charge on any atom is -0.490 e. The first-order chi connectivity index (χ1) is 18.6. The summed E-state index contributed by atoms with van der Waals surface area (Å²) in [6.45, 7) is 3.28. The molecule has 38 heavy (non-hydrogen) atoms. The van der Waals surface area contributed by atoms with Crippen LogP contribution in [0, 0.1) is 5.92 Å². The van der Waals surface area contributed by atoms with Gasteiger partial charge in [-0.05, 0) is 87.4 Å². The quantitative estimate of drug-likeness (QED) is 0.325. The van der Waals surface area contributed by atoms with Crippen molar-refractivity contribution in [3.63, 3.8) is 0 Å². The number of nitrogens with zero attached hydrogens (tertiary/aromatic N) is 3. The van der Waals surface area contributed by atoms with Crippen LogP contribution in [0.3, 0.4) is 0 Å². The van der Waals surface area contributed by atoms with Gasteiger partial charge in [0.15, 0.2) is 11.5 Å². The summed E-state index contributed by atoms with van der Waals surface area (Å²) < 4.78 is 11.5. The summed E-state index contributed by atoms with van der Waals surface area (Å²) in [6.07, 6.45) is 6.69. The van der Waals surface area contributed by atoms with E-state index in [-0.39, 0.29) is 0 Å². The first kappa shape index (κ1) is 26.5. The molecule has 3 aromatic rings. The van der Waals surface area contributed by atoms with Crippen molar-refractivity contribution < 1.29 is 14.6 Å². The van der Waals surface area contributed by atoms with E-state index >= 15 is 0 Å². The zero-order valence-corrected chi connectivity index (χ0v) is 22.7. The van der Waals surface area contributed by atoms with E-state index in [0.717, 1.165) is 84.9 Å². The number of benzene rings is 2. The van der Waals surface area contributed by atoms with Gasteiger partial charge < -0.3 is 30.1 Å². The average Bonchev–Trinajstić information content (AvgIpc) is 3.18. The number of anilines is 2. The van der Waals surface area contributed by atoms with Gasteiger partial charge in [0, 0.05) is 31.9 Å². The Morgan fingerprint density at radius 1 is 1.00 bits per heavy atom. The predicted molar refractivity (Wildman–Crippen MR) is 152 cm³/mol. The molecule has 1 aliphatic carbocycles. The van der Waals surface area contributed by atoms with Crippen LogP contribution in [0.15, 0.2) is 42.5 Å². The second kappa shape index (κ2) is 12.6. The van der Waals surface area contributed by atoms with E-state index in [9.17, 15) is 5.11 Å². The lowest BCUT2D eigenvalue weighted by Crippen LogP contribution is -2.32. The van der Waals surface area contributed by atoms with Crippen molar-refractivity contribution in [2.75, 3.05) is 50.6 Å². The maximum Gasteiger partial charge on any atom is 0.225 e. The molecule has 0 radical (unpaired) electrons. The highest BCUT2D eigenvalue weighted by Gasteiger charge is 2.22. The molecule has 2 aliphatic rings. The van der Waals surface area contributed by atoms with Gasteiger partial charge in [0.2, 0.25) is 5.95 Å². The second-order valence-electron chi connectivity index (χ2n) is 10.8. The monoisotopic (exact) mass is 519 g/mol. The first-order valence-corrected chi connectivity index (χ1v) is 14.1. The summed E-state index contributed by atoms with van der Waals surface area (Å²) in [5.41, 5.74) is 1.87. The smallest absolute Gasteiger partial charge is 0.225 e. The van der Waals surface area contributed by atoms with E-state index in [1.54, 1.807) is 0 Å². The number of rotatable bonds is 10. The topological polar surface area (TPSA) is 91.8 Å². The molecule has 1 aromatic heterocycles. The normalized spacial score (nSPS) is 20.1. The lowest BCUT2D eigenvalue weighted by Gasteiger charge is -2.29. The molecule has 1 unspecified atom stereocenters. The Morgan fingerprint density at radius 3 is 2.61 bits per heavy atom. The number of aliphatic hydroxyl groups is 1. The van der Waals surface area contributed by atoms with Crippen molar-refractivity contribution in [3.8, 4) is 11.5 Å². The molecule has 3 N–H and O–H groups in total. The van der Waals surface area contributed by atoms with E-state index in [1.165, 1.54) is 12.8 Å². The van der Waals surface area contributed by atoms with Crippen molar-refractivity contribution in [2.45, 2.75) is 57.1 Å². The van der Waals surface area contributed by atoms with Crippen molar-refractivity contribution >= 4 is 22.7 Å². The highest BCUT2D eigenvalue weighted by Crippen LogP contribution is 2.33. The zero-order valence-electron chi connectivity index (χ0n) is 22.7. The molecule has 0 spiro atoms. The van der Waals surface area contributed by atoms with Crippen LogP contribution >= 0.6 is 0 Å². The van der Waals surface area contributed by atoms with Gasteiger partial charge >= 0.3 is 0 Å². The van der Waals surface area contributed by atoms with Crippen molar-refractivity contribution in [3.05, 3.63) is 48.0 Å². The summed E-state index contributed by atoms with van der Waals surface area (Å²) in [5, 5.41) is 18.9. The number of fused-ring (bicyclic) bond motifs is 2. The van der Waals surface area contributed by atoms with Crippen LogP contribution in [-0.4, -0.2) is 61.5 Å². The van der Waals surface area contributed by atoms with Crippen LogP contribution in [0.4, 0.5) is 11.8 Å². The van der Waals surface area contributed by atoms with Crippen LogP contribution in [0.5, 0.6) is 11.5 Å². The van der Waals surface area contributed by atoms with Gasteiger partial charge in [-0.3, -0.25) is 0 Å². The zero-order chi connectivity index (χ0) is 26.3. The molecule has 1 saturated carbocycles. The Bertz CT molecular complexity index is 1200. The fourth-order valence-corrected chi connectivity index (χ4v) is 5.44. The molecule has 0 amide bonds. The van der Waals surface area contributed by atoms with Crippen LogP contribution < -0.4 is 25.0 Å². The number of nitrogens with one attached hydrogen (secondary N) is 2. The first-order valence-electron chi connectivity index (χ1n) is 14.1. The molecular weight excluding hydrogens is 478 g/mol. The summed E-state index contributed by atoms with van der Waals surface area (Å²) in [6, 6.07) is 14.4. The van der Waals surface area contributed by atoms with E-state index in [4.69, 9.17) is 19.4 Å². The lowest BCUT2D eigenvalue weighted by molar-refractivity contribution is 0.163. The molecule has 2 heterocycles. The van der Waals surface area contributed by atoms with Gasteiger partial charge in [0.25, 0.3) is 0 Å². The number of hydrogen-bond donors (Lipinski definition) is 3. The van der Waals surface area contributed by atoms with E-state index in [2.05, 4.69) is 16.7 Å². The summed E-state index contributed by atoms with van der Waals surface area (Å²) in [4.78, 5) is 11.6. The molecule has 1 fully saturated rings. The van der Waals surface area contributed by atoms with Crippen molar-refractivity contribution in [1.29, 1.82) is 0 Å². The molecule has 1 atom stereocenters. The van der Waals surface area contributed by atoms with Gasteiger partial charge in [0.1, 0.15) is 5.82 Å². The standard InChI is InChI=1S/C30H41N5O3/c1-35(2)29-24-7-3-4-8-25(24)33-30(34-29)32-23-13-10-21(11-14-23)20-31-16-5-9-26(36)22-12-15-27-28(19-22)38-18-6-17-37-27/h3-4,7-8,12,15,19,21,23,26,31,36H,5-6,9-11,13-14,16-18,20H2,1-2H3,(H,32,33,34). The van der Waals surface area contributed by atoms with Gasteiger partial charge in [-0.2, -0.15) is 4.98 Å². The molecule has 5 rings (SSSR count). The number of aliphatic hydroxyl groups excluding tert-OH is 1. The van der Waals surface area contributed by atoms with Crippen LogP contribution in [-0.2, 0) is 0 Å². The third-order valence-electron chi connectivity index (χ3n) is 7.61. The second-order valence-corrected chi connectivity index (χ2v) is 10.8. The molecule has 0 saturated heterocycles. The molecule has 0 bridgehead atoms. The molecule has 2 aromatic carbocycles. The Morgan fingerprint density at radius 2 is 1.79 bits per heavy atom. The van der Waals surface area contributed by atoms with Gasteiger partial charge in [-0.15, -0.1) is 0 Å². The lowest BCUT2D eigenvalue weighted by atomic mass is 9.86. The van der Waals surface area contributed by atoms with Crippen molar-refractivity contribution in [1.82, 2.24) is 15.3 Å².